The molecule has 10 nitrogen and oxygen atoms in total. The molecule has 2 aliphatic rings. The van der Waals surface area contributed by atoms with Gasteiger partial charge in [-0.2, -0.15) is 0 Å². The van der Waals surface area contributed by atoms with Crippen molar-refractivity contribution in [3.8, 4) is 0 Å². The number of nitrogens with one attached hydrogen (secondary N) is 3. The molecule has 0 saturated carbocycles. The molecule has 5 rings (SSSR count). The van der Waals surface area contributed by atoms with Crippen LogP contribution in [0.15, 0.2) is 53.9 Å². The first-order valence-electron chi connectivity index (χ1n) is 12.0. The van der Waals surface area contributed by atoms with Crippen LogP contribution < -0.4 is 16.4 Å². The van der Waals surface area contributed by atoms with Gasteiger partial charge in [0, 0.05) is 37.5 Å². The van der Waals surface area contributed by atoms with Crippen LogP contribution in [-0.4, -0.2) is 70.8 Å². The fourth-order valence-electron chi connectivity index (χ4n) is 4.47. The highest BCUT2D eigenvalue weighted by Gasteiger charge is 2.27. The van der Waals surface area contributed by atoms with E-state index in [4.69, 9.17) is 0 Å². The van der Waals surface area contributed by atoms with Gasteiger partial charge in [-0.1, -0.05) is 36.4 Å². The van der Waals surface area contributed by atoms with Gasteiger partial charge in [-0.15, -0.1) is 22.0 Å². The molecule has 1 amide bonds. The van der Waals surface area contributed by atoms with Crippen molar-refractivity contribution in [3.05, 3.63) is 64.8 Å². The Kier molecular flexibility index (Phi) is 7.12. The lowest BCUT2D eigenvalue weighted by Gasteiger charge is -2.26. The molecule has 2 aromatic heterocycles. The maximum absolute atomic E-state index is 12.7. The van der Waals surface area contributed by atoms with E-state index < -0.39 is 0 Å². The minimum Gasteiger partial charge on any atom is -0.362 e. The Morgan fingerprint density at radius 2 is 2.11 bits per heavy atom. The van der Waals surface area contributed by atoms with Crippen LogP contribution in [0.3, 0.4) is 0 Å². The van der Waals surface area contributed by atoms with Gasteiger partial charge in [0.15, 0.2) is 0 Å². The van der Waals surface area contributed by atoms with Crippen molar-refractivity contribution in [3.63, 3.8) is 0 Å². The minimum atomic E-state index is -0.0359. The molecule has 36 heavy (non-hydrogen) atoms. The Labute approximate surface area is 214 Å². The molecule has 1 atom stereocenters. The van der Waals surface area contributed by atoms with E-state index in [1.165, 1.54) is 10.4 Å². The third-order valence-corrected chi connectivity index (χ3v) is 7.49. The van der Waals surface area contributed by atoms with Crippen LogP contribution in [0, 0.1) is 0 Å². The zero-order valence-electron chi connectivity index (χ0n) is 20.7. The first-order valence-corrected chi connectivity index (χ1v) is 12.8. The Hall–Kier alpha value is -3.54. The standard InChI is InChI=1S/C25H31N9OS/c1-32(2)12-7-10-22(35)34-13-11-18-20(15-34)36-25-23(18)24(26-16-27-25)28-19(17-8-5-4-6-9-17)14-21-29-30-31-33(21)3/h4-10,16,19,30-31H,11-15H2,1-3H3,(H,26,27,28). The molecule has 0 saturated heterocycles. The van der Waals surface area contributed by atoms with Gasteiger partial charge in [-0.05, 0) is 31.6 Å². The number of rotatable bonds is 8. The molecule has 1 unspecified atom stereocenters. The molecule has 0 spiro atoms. The van der Waals surface area contributed by atoms with Gasteiger partial charge in [0.25, 0.3) is 0 Å². The van der Waals surface area contributed by atoms with E-state index in [9.17, 15) is 4.79 Å². The van der Waals surface area contributed by atoms with Crippen LogP contribution >= 0.6 is 11.3 Å². The monoisotopic (exact) mass is 505 g/mol. The molecule has 188 valence electrons. The van der Waals surface area contributed by atoms with E-state index >= 15 is 0 Å². The molecule has 3 aromatic rings. The van der Waals surface area contributed by atoms with Gasteiger partial charge in [0.2, 0.25) is 5.91 Å². The average molecular weight is 506 g/mol. The van der Waals surface area contributed by atoms with E-state index in [0.29, 0.717) is 19.5 Å². The summed E-state index contributed by atoms with van der Waals surface area (Å²) in [6.07, 6.45) is 6.66. The van der Waals surface area contributed by atoms with Gasteiger partial charge in [0.1, 0.15) is 22.8 Å². The zero-order valence-corrected chi connectivity index (χ0v) is 21.5. The Balaban J connectivity index is 1.41. The van der Waals surface area contributed by atoms with Crippen molar-refractivity contribution >= 4 is 39.1 Å². The molecule has 0 fully saturated rings. The molecular weight excluding hydrogens is 474 g/mol. The Morgan fingerprint density at radius 1 is 1.28 bits per heavy atom. The summed E-state index contributed by atoms with van der Waals surface area (Å²) in [5.74, 6) is 1.77. The maximum Gasteiger partial charge on any atom is 0.246 e. The summed E-state index contributed by atoms with van der Waals surface area (Å²) in [5, 5.41) is 11.0. The summed E-state index contributed by atoms with van der Waals surface area (Å²) in [4.78, 5) is 28.0. The largest absolute Gasteiger partial charge is 0.362 e. The lowest BCUT2D eigenvalue weighted by atomic mass is 10.0. The van der Waals surface area contributed by atoms with E-state index in [1.807, 2.05) is 60.2 Å². The van der Waals surface area contributed by atoms with Crippen LogP contribution in [0.1, 0.15) is 28.5 Å². The Morgan fingerprint density at radius 3 is 2.86 bits per heavy atom. The highest BCUT2D eigenvalue weighted by atomic mass is 32.1. The predicted molar refractivity (Wildman–Crippen MR) is 143 cm³/mol. The second-order valence-corrected chi connectivity index (χ2v) is 10.3. The summed E-state index contributed by atoms with van der Waals surface area (Å²) in [7, 11) is 5.91. The molecule has 0 radical (unpaired) electrons. The van der Waals surface area contributed by atoms with Gasteiger partial charge in [0.05, 0.1) is 18.0 Å². The number of hydrazone groups is 1. The summed E-state index contributed by atoms with van der Waals surface area (Å²) >= 11 is 1.65. The molecular formula is C25H31N9OS. The normalized spacial score (nSPS) is 16.4. The van der Waals surface area contributed by atoms with Crippen LogP contribution in [-0.2, 0) is 17.8 Å². The molecule has 0 bridgehead atoms. The smallest absolute Gasteiger partial charge is 0.246 e. The summed E-state index contributed by atoms with van der Waals surface area (Å²) in [6.45, 7) is 2.02. The van der Waals surface area contributed by atoms with Crippen LogP contribution in [0.4, 0.5) is 5.82 Å². The number of hydrogen-bond acceptors (Lipinski definition) is 10. The Bertz CT molecular complexity index is 1290. The third-order valence-electron chi connectivity index (χ3n) is 6.37. The number of amidine groups is 1. The van der Waals surface area contributed by atoms with Crippen molar-refractivity contribution in [1.29, 1.82) is 0 Å². The van der Waals surface area contributed by atoms with E-state index in [0.717, 1.165) is 40.4 Å². The van der Waals surface area contributed by atoms with Crippen LogP contribution in [0.2, 0.25) is 0 Å². The zero-order chi connectivity index (χ0) is 25.1. The first-order chi connectivity index (χ1) is 17.5. The van der Waals surface area contributed by atoms with Crippen LogP contribution in [0.5, 0.6) is 0 Å². The molecule has 2 aliphatic heterocycles. The number of aromatic nitrogens is 2. The fourth-order valence-corrected chi connectivity index (χ4v) is 5.67. The van der Waals surface area contributed by atoms with E-state index in [-0.39, 0.29) is 11.9 Å². The quantitative estimate of drug-likeness (QED) is 0.402. The number of hydrogen-bond donors (Lipinski definition) is 3. The number of carbonyl (C=O) groups is 1. The minimum absolute atomic E-state index is 0.0359. The van der Waals surface area contributed by atoms with Gasteiger partial charge in [-0.3, -0.25) is 9.80 Å². The number of benzene rings is 1. The van der Waals surface area contributed by atoms with Crippen molar-refractivity contribution < 1.29 is 4.79 Å². The van der Waals surface area contributed by atoms with Gasteiger partial charge >= 0.3 is 0 Å². The van der Waals surface area contributed by atoms with E-state index in [1.54, 1.807) is 23.7 Å². The maximum atomic E-state index is 12.7. The summed E-state index contributed by atoms with van der Waals surface area (Å²) in [5.41, 5.74) is 8.18. The number of thiophene rings is 1. The average Bonchev–Trinajstić information content (AvgIpc) is 3.46. The lowest BCUT2D eigenvalue weighted by Crippen LogP contribution is -2.38. The second-order valence-electron chi connectivity index (χ2n) is 9.20. The second kappa shape index (κ2) is 10.6. The topological polar surface area (TPSA) is 101 Å². The predicted octanol–water partition coefficient (Wildman–Crippen LogP) is 2.51. The molecule has 3 N–H and O–H groups in total. The highest BCUT2D eigenvalue weighted by Crippen LogP contribution is 2.38. The van der Waals surface area contributed by atoms with Crippen molar-refractivity contribution in [2.75, 3.05) is 39.5 Å². The van der Waals surface area contributed by atoms with Crippen LogP contribution in [0.25, 0.3) is 10.2 Å². The molecule has 0 aliphatic carbocycles. The number of likely N-dealkylation sites (N-methyl/N-ethyl adjacent to an activating group) is 1. The van der Waals surface area contributed by atoms with Gasteiger partial charge in [-0.25, -0.2) is 15.5 Å². The van der Waals surface area contributed by atoms with Gasteiger partial charge < -0.3 is 15.1 Å². The number of amides is 1. The summed E-state index contributed by atoms with van der Waals surface area (Å²) in [6, 6.07) is 10.3. The molecule has 4 heterocycles. The molecule has 1 aromatic carbocycles. The third kappa shape index (κ3) is 5.18. The summed E-state index contributed by atoms with van der Waals surface area (Å²) < 4.78 is 0. The number of fused-ring (bicyclic) bond motifs is 3. The number of nitrogens with zero attached hydrogens (tertiary/aromatic N) is 6. The van der Waals surface area contributed by atoms with E-state index in [2.05, 4.69) is 43.6 Å². The lowest BCUT2D eigenvalue weighted by molar-refractivity contribution is -0.126. The SMILES string of the molecule is CN(C)CC=CC(=O)N1CCc2c(sc3ncnc(NC(CC4=NNNN4C)c4ccccc4)c23)C1. The number of anilines is 1. The highest BCUT2D eigenvalue weighted by molar-refractivity contribution is 7.19. The molecule has 11 heteroatoms. The number of carbonyl (C=O) groups excluding carboxylic acids is 1. The van der Waals surface area contributed by atoms with Crippen molar-refractivity contribution in [2.45, 2.75) is 25.4 Å². The van der Waals surface area contributed by atoms with Crippen molar-refractivity contribution in [1.82, 2.24) is 35.8 Å². The van der Waals surface area contributed by atoms with Crippen molar-refractivity contribution in [2.24, 2.45) is 5.10 Å². The fraction of sp³-hybridized carbons (Fsp3) is 0.360. The first kappa shape index (κ1) is 24.2. The number of hydrazine groups is 2.